The van der Waals surface area contributed by atoms with Gasteiger partial charge in [-0.25, -0.2) is 0 Å². The van der Waals surface area contributed by atoms with Gasteiger partial charge in [0.15, 0.2) is 0 Å². The Hall–Kier alpha value is -0.120. The van der Waals surface area contributed by atoms with E-state index in [0.717, 1.165) is 12.8 Å². The molecule has 1 spiro atoms. The molecule has 1 saturated heterocycles. The van der Waals surface area contributed by atoms with E-state index in [9.17, 15) is 10.2 Å². The lowest BCUT2D eigenvalue weighted by molar-refractivity contribution is -0.256. The minimum atomic E-state index is -0.932. The molecule has 0 radical (unpaired) electrons. The number of aliphatic hydroxyl groups excluding tert-OH is 1. The Morgan fingerprint density at radius 2 is 1.81 bits per heavy atom. The zero-order chi connectivity index (χ0) is 12.2. The minimum Gasteiger partial charge on any atom is -0.393 e. The highest BCUT2D eigenvalue weighted by Crippen LogP contribution is 2.57. The van der Waals surface area contributed by atoms with Crippen LogP contribution in [-0.2, 0) is 4.74 Å². The summed E-state index contributed by atoms with van der Waals surface area (Å²) in [5.74, 6) is 0. The zero-order valence-corrected chi connectivity index (χ0v) is 10.8. The molecule has 1 aliphatic carbocycles. The highest BCUT2D eigenvalue weighted by molar-refractivity contribution is 5.14. The monoisotopic (exact) mass is 228 g/mol. The Bertz CT molecular complexity index is 265. The van der Waals surface area contributed by atoms with Gasteiger partial charge in [0.2, 0.25) is 0 Å². The van der Waals surface area contributed by atoms with Gasteiger partial charge in [0.1, 0.15) is 5.60 Å². The van der Waals surface area contributed by atoms with Crippen molar-refractivity contribution in [2.75, 3.05) is 0 Å². The van der Waals surface area contributed by atoms with E-state index in [1.165, 1.54) is 0 Å². The van der Waals surface area contributed by atoms with Gasteiger partial charge < -0.3 is 14.9 Å². The standard InChI is InChI=1S/C13H24O3/c1-9-5-6-13(16-9)11(2,3)7-10(14)8-12(13,4)15/h9-10,14-15H,5-8H2,1-4H3. The van der Waals surface area contributed by atoms with Crippen LogP contribution in [0.25, 0.3) is 0 Å². The van der Waals surface area contributed by atoms with Crippen molar-refractivity contribution in [3.8, 4) is 0 Å². The molecule has 0 aromatic rings. The van der Waals surface area contributed by atoms with Gasteiger partial charge in [-0.3, -0.25) is 0 Å². The highest BCUT2D eigenvalue weighted by atomic mass is 16.5. The van der Waals surface area contributed by atoms with Crippen LogP contribution in [-0.4, -0.2) is 33.6 Å². The lowest BCUT2D eigenvalue weighted by atomic mass is 9.56. The van der Waals surface area contributed by atoms with E-state index in [4.69, 9.17) is 4.74 Å². The number of ether oxygens (including phenoxy) is 1. The second-order valence-corrected chi connectivity index (χ2v) is 6.51. The molecule has 3 heteroatoms. The summed E-state index contributed by atoms with van der Waals surface area (Å²) in [7, 11) is 0. The van der Waals surface area contributed by atoms with Gasteiger partial charge in [0, 0.05) is 6.42 Å². The van der Waals surface area contributed by atoms with E-state index in [-0.39, 0.29) is 11.5 Å². The molecule has 2 aliphatic rings. The molecule has 1 aliphatic heterocycles. The lowest BCUT2D eigenvalue weighted by Gasteiger charge is -2.57. The van der Waals surface area contributed by atoms with Crippen LogP contribution in [0.5, 0.6) is 0 Å². The average molecular weight is 228 g/mol. The quantitative estimate of drug-likeness (QED) is 0.665. The fraction of sp³-hybridized carbons (Fsp3) is 1.00. The summed E-state index contributed by atoms with van der Waals surface area (Å²) in [5, 5.41) is 20.5. The van der Waals surface area contributed by atoms with Crippen molar-refractivity contribution in [3.05, 3.63) is 0 Å². The molecule has 94 valence electrons. The smallest absolute Gasteiger partial charge is 0.102 e. The van der Waals surface area contributed by atoms with Crippen LogP contribution in [0.15, 0.2) is 0 Å². The molecule has 4 atom stereocenters. The van der Waals surface area contributed by atoms with Crippen LogP contribution < -0.4 is 0 Å². The fourth-order valence-corrected chi connectivity index (χ4v) is 3.94. The molecule has 2 fully saturated rings. The molecule has 2 rings (SSSR count). The largest absolute Gasteiger partial charge is 0.393 e. The second-order valence-electron chi connectivity index (χ2n) is 6.51. The van der Waals surface area contributed by atoms with Crippen LogP contribution in [0.1, 0.15) is 53.4 Å². The first-order valence-corrected chi connectivity index (χ1v) is 6.28. The Morgan fingerprint density at radius 3 is 2.25 bits per heavy atom. The Morgan fingerprint density at radius 1 is 1.19 bits per heavy atom. The van der Waals surface area contributed by atoms with Crippen molar-refractivity contribution in [2.45, 2.75) is 76.8 Å². The Labute approximate surface area is 97.8 Å². The maximum atomic E-state index is 10.7. The first-order valence-electron chi connectivity index (χ1n) is 6.28. The maximum Gasteiger partial charge on any atom is 0.102 e. The van der Waals surface area contributed by atoms with Crippen LogP contribution >= 0.6 is 0 Å². The maximum absolute atomic E-state index is 10.7. The Kier molecular flexibility index (Phi) is 2.65. The predicted molar refractivity (Wildman–Crippen MR) is 62.2 cm³/mol. The van der Waals surface area contributed by atoms with Crippen LogP contribution in [0.3, 0.4) is 0 Å². The summed E-state index contributed by atoms with van der Waals surface area (Å²) >= 11 is 0. The van der Waals surface area contributed by atoms with Gasteiger partial charge in [-0.05, 0) is 38.5 Å². The third-order valence-corrected chi connectivity index (χ3v) is 4.65. The third-order valence-electron chi connectivity index (χ3n) is 4.65. The minimum absolute atomic E-state index is 0.182. The van der Waals surface area contributed by atoms with Crippen molar-refractivity contribution >= 4 is 0 Å². The summed E-state index contributed by atoms with van der Waals surface area (Å²) in [6.07, 6.45) is 2.80. The summed E-state index contributed by atoms with van der Waals surface area (Å²) in [6.45, 7) is 8.07. The molecule has 0 amide bonds. The van der Waals surface area contributed by atoms with Gasteiger partial charge >= 0.3 is 0 Å². The first kappa shape index (κ1) is 12.3. The predicted octanol–water partition coefficient (Wildman–Crippen LogP) is 1.86. The summed E-state index contributed by atoms with van der Waals surface area (Å²) in [5.41, 5.74) is -1.60. The fourth-order valence-electron chi connectivity index (χ4n) is 3.94. The average Bonchev–Trinajstić information content (AvgIpc) is 2.44. The summed E-state index contributed by atoms with van der Waals surface area (Å²) in [6, 6.07) is 0. The van der Waals surface area contributed by atoms with Gasteiger partial charge in [-0.1, -0.05) is 13.8 Å². The van der Waals surface area contributed by atoms with Crippen molar-refractivity contribution < 1.29 is 14.9 Å². The van der Waals surface area contributed by atoms with Gasteiger partial charge in [-0.15, -0.1) is 0 Å². The van der Waals surface area contributed by atoms with E-state index in [1.807, 2.05) is 6.92 Å². The van der Waals surface area contributed by atoms with Crippen LogP contribution in [0.4, 0.5) is 0 Å². The molecule has 1 saturated carbocycles. The molecular formula is C13H24O3. The number of aliphatic hydroxyl groups is 2. The van der Waals surface area contributed by atoms with Gasteiger partial charge in [-0.2, -0.15) is 0 Å². The number of hydrogen-bond acceptors (Lipinski definition) is 3. The summed E-state index contributed by atoms with van der Waals surface area (Å²) in [4.78, 5) is 0. The topological polar surface area (TPSA) is 49.7 Å². The first-order chi connectivity index (χ1) is 7.20. The van der Waals surface area contributed by atoms with Crippen molar-refractivity contribution in [1.82, 2.24) is 0 Å². The van der Waals surface area contributed by atoms with Gasteiger partial charge in [0.05, 0.1) is 17.8 Å². The highest BCUT2D eigenvalue weighted by Gasteiger charge is 2.63. The van der Waals surface area contributed by atoms with E-state index in [0.29, 0.717) is 12.8 Å². The molecule has 0 aromatic carbocycles. The number of rotatable bonds is 0. The van der Waals surface area contributed by atoms with Crippen LogP contribution in [0, 0.1) is 5.41 Å². The molecule has 3 nitrogen and oxygen atoms in total. The van der Waals surface area contributed by atoms with E-state index < -0.39 is 17.3 Å². The Balaban J connectivity index is 2.39. The normalized spacial score (nSPS) is 52.1. The molecule has 0 bridgehead atoms. The van der Waals surface area contributed by atoms with Crippen molar-refractivity contribution in [3.63, 3.8) is 0 Å². The second kappa shape index (κ2) is 3.44. The molecular weight excluding hydrogens is 204 g/mol. The zero-order valence-electron chi connectivity index (χ0n) is 10.8. The van der Waals surface area contributed by atoms with E-state index in [1.54, 1.807) is 0 Å². The molecule has 4 unspecified atom stereocenters. The SMILES string of the molecule is CC1CCC2(O1)C(C)(C)CC(O)CC2(C)O. The molecule has 16 heavy (non-hydrogen) atoms. The van der Waals surface area contributed by atoms with Crippen molar-refractivity contribution in [1.29, 1.82) is 0 Å². The molecule has 2 N–H and O–H groups in total. The van der Waals surface area contributed by atoms with Crippen molar-refractivity contribution in [2.24, 2.45) is 5.41 Å². The number of hydrogen-bond donors (Lipinski definition) is 2. The van der Waals surface area contributed by atoms with Gasteiger partial charge in [0.25, 0.3) is 0 Å². The molecule has 1 heterocycles. The lowest BCUT2D eigenvalue weighted by Crippen LogP contribution is -2.65. The summed E-state index contributed by atoms with van der Waals surface area (Å²) < 4.78 is 6.11. The van der Waals surface area contributed by atoms with Crippen LogP contribution in [0.2, 0.25) is 0 Å². The molecule has 0 aromatic heterocycles. The third kappa shape index (κ3) is 1.52. The van der Waals surface area contributed by atoms with E-state index in [2.05, 4.69) is 20.8 Å². The van der Waals surface area contributed by atoms with E-state index >= 15 is 0 Å².